The van der Waals surface area contributed by atoms with Crippen molar-refractivity contribution in [3.05, 3.63) is 35.5 Å². The van der Waals surface area contributed by atoms with Crippen LogP contribution in [0.5, 0.6) is 0 Å². The summed E-state index contributed by atoms with van der Waals surface area (Å²) in [5, 5.41) is 23.4. The van der Waals surface area contributed by atoms with E-state index in [1.54, 1.807) is 17.4 Å². The Morgan fingerprint density at radius 3 is 2.69 bits per heavy atom. The van der Waals surface area contributed by atoms with Crippen LogP contribution >= 0.6 is 11.3 Å². The minimum absolute atomic E-state index is 0.00523. The number of carbonyl (C=O) groups is 3. The number of carboxylic acid groups (broad SMARTS) is 2. The van der Waals surface area contributed by atoms with E-state index in [4.69, 9.17) is 14.2 Å². The van der Waals surface area contributed by atoms with Gasteiger partial charge in [0.05, 0.1) is 42.6 Å². The zero-order chi connectivity index (χ0) is 31.6. The number of nitrogens with zero attached hydrogens (tertiary/aromatic N) is 1. The van der Waals surface area contributed by atoms with Crippen LogP contribution in [0, 0.1) is 52.8 Å². The van der Waals surface area contributed by atoms with E-state index in [1.165, 1.54) is 10.1 Å². The number of thiophene rings is 1. The minimum atomic E-state index is -1.32. The molecule has 0 spiro atoms. The zero-order valence-electron chi connectivity index (χ0n) is 26.3. The Morgan fingerprint density at radius 1 is 1.13 bits per heavy atom. The maximum Gasteiger partial charge on any atom is 0.506 e. The van der Waals surface area contributed by atoms with Gasteiger partial charge in [-0.15, -0.1) is 11.3 Å². The van der Waals surface area contributed by atoms with Crippen LogP contribution in [0.2, 0.25) is 0 Å². The average Bonchev–Trinajstić information content (AvgIpc) is 3.59. The first kappa shape index (κ1) is 30.9. The van der Waals surface area contributed by atoms with E-state index in [0.717, 1.165) is 37.7 Å². The number of aliphatic carboxylic acids is 1. The number of carboxylic acids is 1. The van der Waals surface area contributed by atoms with Gasteiger partial charge >= 0.3 is 12.1 Å². The number of hydrogen-bond acceptors (Lipinski definition) is 7. The van der Waals surface area contributed by atoms with Crippen LogP contribution < -0.4 is 0 Å². The first-order valence-electron chi connectivity index (χ1n) is 16.7. The molecule has 2 N–H and O–H groups in total. The summed E-state index contributed by atoms with van der Waals surface area (Å²) in [5.74, 6) is -1.51. The summed E-state index contributed by atoms with van der Waals surface area (Å²) in [6, 6.07) is 2.15. The standard InChI is InChI=1S/C35H45NO8S/c1-18(2)10-20-4-5-23-22-6-7-25-24-16-42-17-35(25,26(22)11-27(37)31(23)30(20)33(38)39)12-28(44-34(40)41)32(24)43-15-19(3)36-13-21-8-9-45-29(21)14-36/h8-9,11,13-14,18-20,22-25,28,30-32H,4-7,10,12,15-17H2,1-3H3,(H,38,39)(H,40,41)/t19?,20?,22?,23?,24?,25?,28-,30-,31?,32-,35+/m1/s1. The number of rotatable bonds is 8. The molecule has 3 heterocycles. The quantitative estimate of drug-likeness (QED) is 0.307. The summed E-state index contributed by atoms with van der Waals surface area (Å²) in [7, 11) is 0. The van der Waals surface area contributed by atoms with Crippen molar-refractivity contribution in [1.82, 2.24) is 4.57 Å². The van der Waals surface area contributed by atoms with Gasteiger partial charge in [-0.05, 0) is 92.6 Å². The van der Waals surface area contributed by atoms with Gasteiger partial charge in [0.25, 0.3) is 0 Å². The fourth-order valence-electron chi connectivity index (χ4n) is 10.4. The van der Waals surface area contributed by atoms with Crippen molar-refractivity contribution in [1.29, 1.82) is 0 Å². The van der Waals surface area contributed by atoms with Crippen LogP contribution in [0.3, 0.4) is 0 Å². The number of allylic oxidation sites excluding steroid dienone is 1. The third-order valence-corrected chi connectivity index (χ3v) is 12.9. The highest BCUT2D eigenvalue weighted by atomic mass is 32.1. The third kappa shape index (κ3) is 5.25. The van der Waals surface area contributed by atoms with Gasteiger partial charge in [-0.2, -0.15) is 0 Å². The largest absolute Gasteiger partial charge is 0.506 e. The van der Waals surface area contributed by atoms with E-state index in [9.17, 15) is 24.6 Å². The first-order valence-corrected chi connectivity index (χ1v) is 17.6. The topological polar surface area (TPSA) is 124 Å². The van der Waals surface area contributed by atoms with Crippen molar-refractivity contribution >= 4 is 39.3 Å². The normalized spacial score (nSPS) is 38.2. The Bertz CT molecular complexity index is 1460. The molecule has 244 valence electrons. The molecule has 4 fully saturated rings. The molecule has 2 aromatic heterocycles. The second-order valence-corrected chi connectivity index (χ2v) is 15.8. The lowest BCUT2D eigenvalue weighted by molar-refractivity contribution is -0.219. The first-order chi connectivity index (χ1) is 21.6. The monoisotopic (exact) mass is 639 g/mol. The van der Waals surface area contributed by atoms with E-state index >= 15 is 0 Å². The lowest BCUT2D eigenvalue weighted by Gasteiger charge is -2.62. The number of carbonyl (C=O) groups excluding carboxylic acids is 1. The Balaban J connectivity index is 1.17. The molecule has 0 aromatic carbocycles. The van der Waals surface area contributed by atoms with E-state index in [2.05, 4.69) is 49.2 Å². The van der Waals surface area contributed by atoms with E-state index < -0.39 is 41.6 Å². The van der Waals surface area contributed by atoms with E-state index in [1.807, 2.05) is 0 Å². The highest BCUT2D eigenvalue weighted by Gasteiger charge is 2.64. The molecule has 11 atom stereocenters. The Morgan fingerprint density at radius 2 is 1.96 bits per heavy atom. The fourth-order valence-corrected chi connectivity index (χ4v) is 11.2. The molecular weight excluding hydrogens is 594 g/mol. The van der Waals surface area contributed by atoms with Gasteiger partial charge in [0.15, 0.2) is 5.78 Å². The van der Waals surface area contributed by atoms with Crippen LogP contribution in [0.25, 0.3) is 10.1 Å². The van der Waals surface area contributed by atoms with Crippen molar-refractivity contribution in [2.24, 2.45) is 52.8 Å². The van der Waals surface area contributed by atoms with Crippen LogP contribution in [-0.2, 0) is 23.8 Å². The van der Waals surface area contributed by atoms with Gasteiger partial charge in [0.1, 0.15) is 6.10 Å². The number of ether oxygens (including phenoxy) is 3. The summed E-state index contributed by atoms with van der Waals surface area (Å²) in [6.07, 6.45) is 8.26. The molecule has 10 heteroatoms. The predicted octanol–water partition coefficient (Wildman–Crippen LogP) is 6.67. The molecule has 2 bridgehead atoms. The number of ketones is 1. The molecule has 2 aromatic rings. The maximum absolute atomic E-state index is 14.0. The molecule has 9 nitrogen and oxygen atoms in total. The minimum Gasteiger partial charge on any atom is -0.481 e. The third-order valence-electron chi connectivity index (χ3n) is 12.0. The van der Waals surface area contributed by atoms with Crippen LogP contribution in [-0.4, -0.2) is 64.7 Å². The highest BCUT2D eigenvalue weighted by Crippen LogP contribution is 2.64. The molecule has 45 heavy (non-hydrogen) atoms. The van der Waals surface area contributed by atoms with Crippen LogP contribution in [0.4, 0.5) is 4.79 Å². The van der Waals surface area contributed by atoms with Gasteiger partial charge in [0, 0.05) is 35.0 Å². The number of fused-ring (bicyclic) bond motifs is 4. The molecule has 7 unspecified atom stereocenters. The summed E-state index contributed by atoms with van der Waals surface area (Å²) in [4.78, 5) is 38.7. The number of hydrogen-bond donors (Lipinski definition) is 2. The SMILES string of the molecule is CC(C)CC1CCC2C3CCC4C5COC[C@]4(C[C@@H](OC(=O)O)[C@@H]5OCC(C)n4cc5ccsc5c4)C3=CC(=O)C2[C@@H]1C(=O)O. The van der Waals surface area contributed by atoms with E-state index in [-0.39, 0.29) is 41.4 Å². The molecule has 7 rings (SSSR count). The second-order valence-electron chi connectivity index (χ2n) is 14.9. The molecule has 3 saturated carbocycles. The Labute approximate surface area is 267 Å². The maximum atomic E-state index is 14.0. The Hall–Kier alpha value is -2.69. The van der Waals surface area contributed by atoms with Gasteiger partial charge in [0.2, 0.25) is 0 Å². The van der Waals surface area contributed by atoms with Crippen molar-refractivity contribution in [3.63, 3.8) is 0 Å². The summed E-state index contributed by atoms with van der Waals surface area (Å²) < 4.78 is 21.9. The van der Waals surface area contributed by atoms with Gasteiger partial charge in [-0.25, -0.2) is 4.79 Å². The molecule has 5 aliphatic rings. The van der Waals surface area contributed by atoms with E-state index in [0.29, 0.717) is 32.2 Å². The number of aromatic nitrogens is 1. The smallest absolute Gasteiger partial charge is 0.481 e. The van der Waals surface area contributed by atoms with Crippen LogP contribution in [0.15, 0.2) is 35.5 Å². The van der Waals surface area contributed by atoms with Gasteiger partial charge < -0.3 is 29.0 Å². The van der Waals surface area contributed by atoms with Crippen molar-refractivity contribution in [2.45, 2.75) is 77.5 Å². The predicted molar refractivity (Wildman–Crippen MR) is 168 cm³/mol. The lowest BCUT2D eigenvalue weighted by Crippen LogP contribution is -2.64. The summed E-state index contributed by atoms with van der Waals surface area (Å²) >= 11 is 1.70. The second kappa shape index (κ2) is 11.8. The molecule has 4 aliphatic carbocycles. The van der Waals surface area contributed by atoms with Crippen molar-refractivity contribution < 1.29 is 38.8 Å². The van der Waals surface area contributed by atoms with Gasteiger partial charge in [-0.3, -0.25) is 9.59 Å². The van der Waals surface area contributed by atoms with Gasteiger partial charge in [-0.1, -0.05) is 19.4 Å². The fraction of sp³-hybridized carbons (Fsp3) is 0.686. The molecule has 1 aliphatic heterocycles. The van der Waals surface area contributed by atoms with Crippen LogP contribution in [0.1, 0.15) is 65.3 Å². The Kier molecular flexibility index (Phi) is 8.14. The summed E-state index contributed by atoms with van der Waals surface area (Å²) in [5.41, 5.74) is 0.537. The average molecular weight is 640 g/mol. The molecular formula is C35H45NO8S. The highest BCUT2D eigenvalue weighted by molar-refractivity contribution is 7.17. The van der Waals surface area contributed by atoms with Crippen molar-refractivity contribution in [2.75, 3.05) is 19.8 Å². The summed E-state index contributed by atoms with van der Waals surface area (Å²) in [6.45, 7) is 7.61. The molecule has 0 radical (unpaired) electrons. The lowest BCUT2D eigenvalue weighted by atomic mass is 9.45. The molecule has 0 amide bonds. The van der Waals surface area contributed by atoms with Crippen molar-refractivity contribution in [3.8, 4) is 0 Å². The zero-order valence-corrected chi connectivity index (χ0v) is 27.1. The molecule has 1 saturated heterocycles.